The van der Waals surface area contributed by atoms with Gasteiger partial charge in [-0.1, -0.05) is 19.8 Å². The summed E-state index contributed by atoms with van der Waals surface area (Å²) in [5, 5.41) is 8.00. The van der Waals surface area contributed by atoms with Gasteiger partial charge in [0.1, 0.15) is 0 Å². The SMILES string of the molecule is CCC(=O)N1CCC[C@H]1c1cc2nc(C)c(CCC(=O)NC3CCCC3)c(C)n2n1. The van der Waals surface area contributed by atoms with Crippen molar-refractivity contribution in [3.05, 3.63) is 28.7 Å². The lowest BCUT2D eigenvalue weighted by atomic mass is 10.1. The summed E-state index contributed by atoms with van der Waals surface area (Å²) in [5.41, 5.74) is 4.80. The molecule has 2 fully saturated rings. The van der Waals surface area contributed by atoms with Gasteiger partial charge in [0.15, 0.2) is 5.65 Å². The molecule has 1 aliphatic carbocycles. The molecule has 4 rings (SSSR count). The zero-order chi connectivity index (χ0) is 21.3. The van der Waals surface area contributed by atoms with Crippen LogP contribution in [-0.2, 0) is 16.0 Å². The van der Waals surface area contributed by atoms with Crippen LogP contribution in [0.4, 0.5) is 0 Å². The molecule has 3 heterocycles. The fraction of sp³-hybridized carbons (Fsp3) is 0.652. The third-order valence-corrected chi connectivity index (χ3v) is 6.72. The maximum absolute atomic E-state index is 12.4. The maximum atomic E-state index is 12.4. The summed E-state index contributed by atoms with van der Waals surface area (Å²) in [6.45, 7) is 6.77. The van der Waals surface area contributed by atoms with E-state index in [9.17, 15) is 9.59 Å². The quantitative estimate of drug-likeness (QED) is 0.790. The molecule has 162 valence electrons. The number of aromatic nitrogens is 3. The minimum Gasteiger partial charge on any atom is -0.353 e. The van der Waals surface area contributed by atoms with Crippen LogP contribution in [0, 0.1) is 13.8 Å². The zero-order valence-corrected chi connectivity index (χ0v) is 18.4. The minimum absolute atomic E-state index is 0.0412. The molecule has 30 heavy (non-hydrogen) atoms. The van der Waals surface area contributed by atoms with Gasteiger partial charge in [-0.25, -0.2) is 9.50 Å². The number of hydrogen-bond donors (Lipinski definition) is 1. The second-order valence-electron chi connectivity index (χ2n) is 8.75. The van der Waals surface area contributed by atoms with Gasteiger partial charge in [-0.15, -0.1) is 0 Å². The van der Waals surface area contributed by atoms with Crippen molar-refractivity contribution in [2.24, 2.45) is 0 Å². The molecule has 2 aliphatic rings. The highest BCUT2D eigenvalue weighted by Gasteiger charge is 2.31. The largest absolute Gasteiger partial charge is 0.353 e. The molecular weight excluding hydrogens is 378 g/mol. The Morgan fingerprint density at radius 3 is 2.67 bits per heavy atom. The standard InChI is InChI=1S/C23H33N5O2/c1-4-23(30)27-13-7-10-20(27)19-14-21-24-15(2)18(16(3)28(21)26-19)11-12-22(29)25-17-8-5-6-9-17/h14,17,20H,4-13H2,1-3H3,(H,25,29)/t20-/m0/s1. The molecule has 1 N–H and O–H groups in total. The lowest BCUT2D eigenvalue weighted by Crippen LogP contribution is -2.32. The van der Waals surface area contributed by atoms with Crippen molar-refractivity contribution in [3.63, 3.8) is 0 Å². The van der Waals surface area contributed by atoms with Crippen LogP contribution in [0.1, 0.15) is 87.0 Å². The van der Waals surface area contributed by atoms with Crippen LogP contribution >= 0.6 is 0 Å². The van der Waals surface area contributed by atoms with E-state index in [1.807, 2.05) is 36.3 Å². The van der Waals surface area contributed by atoms with Crippen LogP contribution in [0.25, 0.3) is 5.65 Å². The Hall–Kier alpha value is -2.44. The van der Waals surface area contributed by atoms with Crippen LogP contribution in [0.5, 0.6) is 0 Å². The van der Waals surface area contributed by atoms with Gasteiger partial charge in [0.25, 0.3) is 0 Å². The van der Waals surface area contributed by atoms with Crippen LogP contribution in [0.3, 0.4) is 0 Å². The number of rotatable bonds is 6. The summed E-state index contributed by atoms with van der Waals surface area (Å²) in [6, 6.07) is 2.41. The molecule has 1 saturated carbocycles. The molecule has 0 aromatic carbocycles. The normalized spacial score (nSPS) is 19.7. The molecule has 2 aromatic heterocycles. The predicted octanol–water partition coefficient (Wildman–Crippen LogP) is 3.41. The molecule has 7 nitrogen and oxygen atoms in total. The number of nitrogens with one attached hydrogen (secondary N) is 1. The van der Waals surface area contributed by atoms with E-state index >= 15 is 0 Å². The van der Waals surface area contributed by atoms with Gasteiger partial charge in [0, 0.05) is 42.9 Å². The maximum Gasteiger partial charge on any atom is 0.222 e. The number of hydrogen-bond acceptors (Lipinski definition) is 4. The molecule has 7 heteroatoms. The number of amides is 2. The Bertz CT molecular complexity index is 945. The number of nitrogens with zero attached hydrogens (tertiary/aromatic N) is 4. The first-order valence-corrected chi connectivity index (χ1v) is 11.4. The van der Waals surface area contributed by atoms with Gasteiger partial charge in [-0.3, -0.25) is 9.59 Å². The smallest absolute Gasteiger partial charge is 0.222 e. The van der Waals surface area contributed by atoms with Crippen molar-refractivity contribution in [3.8, 4) is 0 Å². The van der Waals surface area contributed by atoms with Gasteiger partial charge < -0.3 is 10.2 Å². The third kappa shape index (κ3) is 4.07. The number of likely N-dealkylation sites (tertiary alicyclic amines) is 1. The van der Waals surface area contributed by atoms with Crippen LogP contribution in [0.2, 0.25) is 0 Å². The van der Waals surface area contributed by atoms with Crippen LogP contribution in [0.15, 0.2) is 6.07 Å². The molecule has 2 amide bonds. The molecule has 2 aromatic rings. The number of carbonyl (C=O) groups is 2. The van der Waals surface area contributed by atoms with E-state index in [0.29, 0.717) is 25.3 Å². The van der Waals surface area contributed by atoms with E-state index in [4.69, 9.17) is 10.1 Å². The summed E-state index contributed by atoms with van der Waals surface area (Å²) >= 11 is 0. The van der Waals surface area contributed by atoms with Crippen molar-refractivity contribution in [2.45, 2.75) is 90.6 Å². The van der Waals surface area contributed by atoms with Crippen molar-refractivity contribution in [1.29, 1.82) is 0 Å². The fourth-order valence-electron chi connectivity index (χ4n) is 5.05. The van der Waals surface area contributed by atoms with E-state index in [2.05, 4.69) is 5.32 Å². The second-order valence-corrected chi connectivity index (χ2v) is 8.75. The van der Waals surface area contributed by atoms with Crippen molar-refractivity contribution in [1.82, 2.24) is 24.8 Å². The molecule has 1 saturated heterocycles. The highest BCUT2D eigenvalue weighted by atomic mass is 16.2. The Morgan fingerprint density at radius 2 is 1.93 bits per heavy atom. The van der Waals surface area contributed by atoms with E-state index in [-0.39, 0.29) is 17.9 Å². The third-order valence-electron chi connectivity index (χ3n) is 6.72. The van der Waals surface area contributed by atoms with Gasteiger partial charge in [-0.2, -0.15) is 5.10 Å². The monoisotopic (exact) mass is 411 g/mol. The summed E-state index contributed by atoms with van der Waals surface area (Å²) in [7, 11) is 0. The first-order valence-electron chi connectivity index (χ1n) is 11.4. The molecule has 1 aliphatic heterocycles. The molecule has 0 unspecified atom stereocenters. The average Bonchev–Trinajstić information content (AvgIpc) is 3.47. The first kappa shape index (κ1) is 20.8. The van der Waals surface area contributed by atoms with Gasteiger partial charge in [-0.05, 0) is 51.5 Å². The lowest BCUT2D eigenvalue weighted by Gasteiger charge is -2.22. The average molecular weight is 412 g/mol. The Balaban J connectivity index is 1.52. The summed E-state index contributed by atoms with van der Waals surface area (Å²) < 4.78 is 1.89. The summed E-state index contributed by atoms with van der Waals surface area (Å²) in [5.74, 6) is 0.311. The number of fused-ring (bicyclic) bond motifs is 1. The Morgan fingerprint density at radius 1 is 1.17 bits per heavy atom. The van der Waals surface area contributed by atoms with E-state index in [0.717, 1.165) is 60.5 Å². The summed E-state index contributed by atoms with van der Waals surface area (Å²) in [6.07, 6.45) is 8.25. The molecule has 1 atom stereocenters. The van der Waals surface area contributed by atoms with Gasteiger partial charge >= 0.3 is 0 Å². The lowest BCUT2D eigenvalue weighted by molar-refractivity contribution is -0.131. The van der Waals surface area contributed by atoms with Crippen molar-refractivity contribution in [2.75, 3.05) is 6.54 Å². The fourth-order valence-corrected chi connectivity index (χ4v) is 5.05. The van der Waals surface area contributed by atoms with Crippen LogP contribution < -0.4 is 5.32 Å². The zero-order valence-electron chi connectivity index (χ0n) is 18.4. The topological polar surface area (TPSA) is 79.6 Å². The minimum atomic E-state index is 0.0412. The number of aryl methyl sites for hydroxylation is 2. The van der Waals surface area contributed by atoms with E-state index in [1.165, 1.54) is 12.8 Å². The van der Waals surface area contributed by atoms with Crippen molar-refractivity contribution < 1.29 is 9.59 Å². The second kappa shape index (κ2) is 8.74. The highest BCUT2D eigenvalue weighted by Crippen LogP contribution is 2.32. The first-order chi connectivity index (χ1) is 14.5. The number of carbonyl (C=O) groups excluding carboxylic acids is 2. The van der Waals surface area contributed by atoms with Crippen molar-refractivity contribution >= 4 is 17.5 Å². The molecule has 0 spiro atoms. The molecule has 0 radical (unpaired) electrons. The van der Waals surface area contributed by atoms with E-state index in [1.54, 1.807) is 0 Å². The van der Waals surface area contributed by atoms with Gasteiger partial charge in [0.05, 0.1) is 11.7 Å². The molecular formula is C23H33N5O2. The predicted molar refractivity (Wildman–Crippen MR) is 115 cm³/mol. The van der Waals surface area contributed by atoms with Gasteiger partial charge in [0.2, 0.25) is 11.8 Å². The summed E-state index contributed by atoms with van der Waals surface area (Å²) in [4.78, 5) is 31.4. The Kier molecular flexibility index (Phi) is 6.06. The van der Waals surface area contributed by atoms with E-state index < -0.39 is 0 Å². The molecule has 0 bridgehead atoms. The Labute approximate surface area is 178 Å². The highest BCUT2D eigenvalue weighted by molar-refractivity contribution is 5.77. The van der Waals surface area contributed by atoms with Crippen LogP contribution in [-0.4, -0.2) is 43.9 Å².